The van der Waals surface area contributed by atoms with Crippen molar-refractivity contribution in [3.05, 3.63) is 101 Å². The van der Waals surface area contributed by atoms with Crippen LogP contribution in [0.25, 0.3) is 16.7 Å². The maximum atomic E-state index is 4.82. The van der Waals surface area contributed by atoms with Crippen LogP contribution in [0.5, 0.6) is 0 Å². The number of hydrogen-bond acceptors (Lipinski definition) is 5. The Morgan fingerprint density at radius 1 is 0.788 bits per heavy atom. The molecule has 2 N–H and O–H groups in total. The molecule has 0 unspecified atom stereocenters. The van der Waals surface area contributed by atoms with E-state index < -0.39 is 0 Å². The standard InChI is InChI=1S/C27H26N6/c1-18-9-11-21(12-10-18)16-28-27-31-25(30-22-14-19(2)13-20(3)15-22)24-17-29-33(26(24)32-27)23-7-5-4-6-8-23/h4-15,17H,16H2,1-3H3,(H2,28,30,31,32). The first-order valence-electron chi connectivity index (χ1n) is 11.0. The molecule has 164 valence electrons. The Bertz CT molecular complexity index is 1380. The number of nitrogens with one attached hydrogen (secondary N) is 2. The van der Waals surface area contributed by atoms with Crippen molar-refractivity contribution in [2.24, 2.45) is 0 Å². The molecule has 0 saturated heterocycles. The molecule has 6 nitrogen and oxygen atoms in total. The largest absolute Gasteiger partial charge is 0.350 e. The van der Waals surface area contributed by atoms with Gasteiger partial charge in [-0.05, 0) is 61.7 Å². The lowest BCUT2D eigenvalue weighted by Crippen LogP contribution is -2.07. The quantitative estimate of drug-likeness (QED) is 0.338. The summed E-state index contributed by atoms with van der Waals surface area (Å²) >= 11 is 0. The summed E-state index contributed by atoms with van der Waals surface area (Å²) in [4.78, 5) is 9.63. The predicted octanol–water partition coefficient (Wildman–Crippen LogP) is 6.10. The number of nitrogens with zero attached hydrogens (tertiary/aromatic N) is 4. The molecule has 0 amide bonds. The maximum absolute atomic E-state index is 4.82. The Morgan fingerprint density at radius 3 is 2.24 bits per heavy atom. The van der Waals surface area contributed by atoms with E-state index in [2.05, 4.69) is 79.0 Å². The number of fused-ring (bicyclic) bond motifs is 1. The molecule has 0 fully saturated rings. The smallest absolute Gasteiger partial charge is 0.227 e. The molecule has 0 saturated carbocycles. The average molecular weight is 435 g/mol. The van der Waals surface area contributed by atoms with Crippen LogP contribution in [0.2, 0.25) is 0 Å². The molecule has 0 aliphatic rings. The van der Waals surface area contributed by atoms with E-state index in [1.54, 1.807) is 0 Å². The Morgan fingerprint density at radius 2 is 1.52 bits per heavy atom. The minimum Gasteiger partial charge on any atom is -0.350 e. The molecule has 33 heavy (non-hydrogen) atoms. The Balaban J connectivity index is 1.56. The van der Waals surface area contributed by atoms with Crippen molar-refractivity contribution >= 4 is 28.5 Å². The Labute approximate surface area is 193 Å². The van der Waals surface area contributed by atoms with Crippen molar-refractivity contribution in [2.45, 2.75) is 27.3 Å². The SMILES string of the molecule is Cc1ccc(CNc2nc(Nc3cc(C)cc(C)c3)c3cnn(-c4ccccc4)c3n2)cc1. The fraction of sp³-hybridized carbons (Fsp3) is 0.148. The van der Waals surface area contributed by atoms with E-state index in [9.17, 15) is 0 Å². The molecule has 0 bridgehead atoms. The summed E-state index contributed by atoms with van der Waals surface area (Å²) in [6.45, 7) is 6.91. The number of aromatic nitrogens is 4. The van der Waals surface area contributed by atoms with Gasteiger partial charge in [0.2, 0.25) is 5.95 Å². The van der Waals surface area contributed by atoms with Crippen molar-refractivity contribution in [1.29, 1.82) is 0 Å². The number of aryl methyl sites for hydroxylation is 3. The van der Waals surface area contributed by atoms with Gasteiger partial charge in [0.25, 0.3) is 0 Å². The van der Waals surface area contributed by atoms with Gasteiger partial charge in [-0.2, -0.15) is 15.1 Å². The van der Waals surface area contributed by atoms with Crippen molar-refractivity contribution in [3.63, 3.8) is 0 Å². The van der Waals surface area contributed by atoms with E-state index in [4.69, 9.17) is 9.97 Å². The second-order valence-electron chi connectivity index (χ2n) is 8.37. The summed E-state index contributed by atoms with van der Waals surface area (Å²) in [7, 11) is 0. The number of hydrogen-bond donors (Lipinski definition) is 2. The third-order valence-electron chi connectivity index (χ3n) is 5.48. The molecule has 5 rings (SSSR count). The molecule has 0 radical (unpaired) electrons. The highest BCUT2D eigenvalue weighted by Crippen LogP contribution is 2.28. The fourth-order valence-corrected chi connectivity index (χ4v) is 3.91. The van der Waals surface area contributed by atoms with E-state index in [1.165, 1.54) is 22.3 Å². The minimum atomic E-state index is 0.549. The van der Waals surface area contributed by atoms with E-state index in [0.29, 0.717) is 12.5 Å². The molecule has 3 aromatic carbocycles. The minimum absolute atomic E-state index is 0.549. The van der Waals surface area contributed by atoms with Gasteiger partial charge in [0.05, 0.1) is 17.3 Å². The molecular formula is C27H26N6. The van der Waals surface area contributed by atoms with Crippen LogP contribution in [0.3, 0.4) is 0 Å². The topological polar surface area (TPSA) is 67.7 Å². The molecule has 2 aromatic heterocycles. The molecule has 6 heteroatoms. The van der Waals surface area contributed by atoms with Crippen LogP contribution in [-0.2, 0) is 6.54 Å². The highest BCUT2D eigenvalue weighted by atomic mass is 15.3. The van der Waals surface area contributed by atoms with Gasteiger partial charge < -0.3 is 10.6 Å². The van der Waals surface area contributed by atoms with Crippen molar-refractivity contribution in [3.8, 4) is 5.69 Å². The molecule has 0 atom stereocenters. The Hall–Kier alpha value is -4.19. The van der Waals surface area contributed by atoms with Gasteiger partial charge in [-0.25, -0.2) is 4.68 Å². The third-order valence-corrected chi connectivity index (χ3v) is 5.48. The summed E-state index contributed by atoms with van der Waals surface area (Å²) in [5, 5.41) is 12.4. The Kier molecular flexibility index (Phi) is 5.48. The molecule has 0 aliphatic carbocycles. The zero-order valence-electron chi connectivity index (χ0n) is 19.0. The third kappa shape index (κ3) is 4.55. The summed E-state index contributed by atoms with van der Waals surface area (Å²) < 4.78 is 1.85. The second-order valence-corrected chi connectivity index (χ2v) is 8.37. The summed E-state index contributed by atoms with van der Waals surface area (Å²) in [5.74, 6) is 1.27. The fourth-order valence-electron chi connectivity index (χ4n) is 3.91. The van der Waals surface area contributed by atoms with Gasteiger partial charge in [0, 0.05) is 12.2 Å². The summed E-state index contributed by atoms with van der Waals surface area (Å²) in [6.07, 6.45) is 1.82. The highest BCUT2D eigenvalue weighted by Gasteiger charge is 2.15. The normalized spacial score (nSPS) is 11.0. The zero-order chi connectivity index (χ0) is 22.8. The highest BCUT2D eigenvalue weighted by molar-refractivity contribution is 5.90. The molecule has 0 aliphatic heterocycles. The summed E-state index contributed by atoms with van der Waals surface area (Å²) in [5.41, 5.74) is 7.49. The van der Waals surface area contributed by atoms with Crippen LogP contribution in [0, 0.1) is 20.8 Å². The van der Waals surface area contributed by atoms with Gasteiger partial charge in [-0.1, -0.05) is 54.1 Å². The van der Waals surface area contributed by atoms with Crippen LogP contribution in [0.15, 0.2) is 79.0 Å². The summed E-state index contributed by atoms with van der Waals surface area (Å²) in [6, 6.07) is 24.9. The van der Waals surface area contributed by atoms with E-state index in [0.717, 1.165) is 28.2 Å². The number of para-hydroxylation sites is 1. The lowest BCUT2D eigenvalue weighted by atomic mass is 10.1. The zero-order valence-corrected chi connectivity index (χ0v) is 19.0. The monoisotopic (exact) mass is 434 g/mol. The first kappa shape index (κ1) is 20.7. The van der Waals surface area contributed by atoms with Gasteiger partial charge in [0.1, 0.15) is 5.82 Å². The number of benzene rings is 3. The first-order chi connectivity index (χ1) is 16.0. The van der Waals surface area contributed by atoms with E-state index in [-0.39, 0.29) is 0 Å². The van der Waals surface area contributed by atoms with Gasteiger partial charge >= 0.3 is 0 Å². The van der Waals surface area contributed by atoms with Crippen LogP contribution in [-0.4, -0.2) is 19.7 Å². The lowest BCUT2D eigenvalue weighted by molar-refractivity contribution is 0.894. The maximum Gasteiger partial charge on any atom is 0.227 e. The van der Waals surface area contributed by atoms with E-state index in [1.807, 2.05) is 41.2 Å². The van der Waals surface area contributed by atoms with E-state index >= 15 is 0 Å². The van der Waals surface area contributed by atoms with Crippen LogP contribution in [0.1, 0.15) is 22.3 Å². The van der Waals surface area contributed by atoms with Crippen LogP contribution in [0.4, 0.5) is 17.5 Å². The van der Waals surface area contributed by atoms with Crippen molar-refractivity contribution in [2.75, 3.05) is 10.6 Å². The van der Waals surface area contributed by atoms with Crippen molar-refractivity contribution < 1.29 is 0 Å². The average Bonchev–Trinajstić information content (AvgIpc) is 3.23. The van der Waals surface area contributed by atoms with Crippen LogP contribution >= 0.6 is 0 Å². The van der Waals surface area contributed by atoms with Gasteiger partial charge in [-0.15, -0.1) is 0 Å². The van der Waals surface area contributed by atoms with Gasteiger partial charge in [0.15, 0.2) is 5.65 Å². The molecular weight excluding hydrogens is 408 g/mol. The number of rotatable bonds is 6. The lowest BCUT2D eigenvalue weighted by Gasteiger charge is -2.12. The van der Waals surface area contributed by atoms with Crippen molar-refractivity contribution in [1.82, 2.24) is 19.7 Å². The first-order valence-corrected chi connectivity index (χ1v) is 11.0. The molecule has 5 aromatic rings. The molecule has 0 spiro atoms. The van der Waals surface area contributed by atoms with Gasteiger partial charge in [-0.3, -0.25) is 0 Å². The molecule has 2 heterocycles. The predicted molar refractivity (Wildman–Crippen MR) is 134 cm³/mol. The van der Waals surface area contributed by atoms with Crippen LogP contribution < -0.4 is 10.6 Å². The number of anilines is 3. The second kappa shape index (κ2) is 8.74.